The SMILES string of the molecule is CN1CCC(CCNC(=O)NCC(C)(O)c2ccsc2)CC1. The first-order valence-electron chi connectivity index (χ1n) is 7.92. The van der Waals surface area contributed by atoms with Crippen molar-refractivity contribution < 1.29 is 9.90 Å². The van der Waals surface area contributed by atoms with Crippen molar-refractivity contribution in [1.82, 2.24) is 15.5 Å². The van der Waals surface area contributed by atoms with Gasteiger partial charge < -0.3 is 20.6 Å². The standard InChI is InChI=1S/C16H27N3O2S/c1-16(21,14-6-10-22-11-14)12-18-15(20)17-7-3-13-4-8-19(2)9-5-13/h6,10-11,13,21H,3-5,7-9,12H2,1-2H3,(H2,17,18,20). The zero-order valence-electron chi connectivity index (χ0n) is 13.5. The smallest absolute Gasteiger partial charge is 0.314 e. The lowest BCUT2D eigenvalue weighted by Crippen LogP contribution is -2.44. The van der Waals surface area contributed by atoms with E-state index >= 15 is 0 Å². The van der Waals surface area contributed by atoms with Gasteiger partial charge in [0.2, 0.25) is 0 Å². The number of likely N-dealkylation sites (tertiary alicyclic amines) is 1. The van der Waals surface area contributed by atoms with E-state index in [0.29, 0.717) is 12.5 Å². The van der Waals surface area contributed by atoms with Gasteiger partial charge in [0, 0.05) is 6.54 Å². The van der Waals surface area contributed by atoms with Gasteiger partial charge in [-0.2, -0.15) is 11.3 Å². The highest BCUT2D eigenvalue weighted by Gasteiger charge is 2.24. The molecule has 22 heavy (non-hydrogen) atoms. The second kappa shape index (κ2) is 7.94. The Morgan fingerprint density at radius 1 is 1.45 bits per heavy atom. The van der Waals surface area contributed by atoms with Gasteiger partial charge in [0.15, 0.2) is 0 Å². The summed E-state index contributed by atoms with van der Waals surface area (Å²) >= 11 is 1.54. The summed E-state index contributed by atoms with van der Waals surface area (Å²) in [6.07, 6.45) is 3.46. The van der Waals surface area contributed by atoms with Crippen LogP contribution in [0.3, 0.4) is 0 Å². The van der Waals surface area contributed by atoms with Gasteiger partial charge in [0.25, 0.3) is 0 Å². The number of rotatable bonds is 6. The van der Waals surface area contributed by atoms with Crippen LogP contribution in [0, 0.1) is 5.92 Å². The number of nitrogens with zero attached hydrogens (tertiary/aromatic N) is 1. The third-order valence-corrected chi connectivity index (χ3v) is 5.10. The second-order valence-corrected chi connectivity index (χ2v) is 7.21. The highest BCUT2D eigenvalue weighted by atomic mass is 32.1. The minimum atomic E-state index is -1.02. The number of hydrogen-bond donors (Lipinski definition) is 3. The van der Waals surface area contributed by atoms with Crippen molar-refractivity contribution in [3.05, 3.63) is 22.4 Å². The van der Waals surface area contributed by atoms with Crippen LogP contribution in [0.15, 0.2) is 16.8 Å². The highest BCUT2D eigenvalue weighted by molar-refractivity contribution is 7.08. The quantitative estimate of drug-likeness (QED) is 0.749. The monoisotopic (exact) mass is 325 g/mol. The molecule has 6 heteroatoms. The Morgan fingerprint density at radius 2 is 2.18 bits per heavy atom. The predicted octanol–water partition coefficient (Wildman–Crippen LogP) is 1.99. The van der Waals surface area contributed by atoms with Crippen molar-refractivity contribution >= 4 is 17.4 Å². The lowest BCUT2D eigenvalue weighted by molar-refractivity contribution is 0.0598. The first-order valence-corrected chi connectivity index (χ1v) is 8.87. The number of carbonyl (C=O) groups excluding carboxylic acids is 1. The van der Waals surface area contributed by atoms with Gasteiger partial charge in [-0.25, -0.2) is 4.79 Å². The van der Waals surface area contributed by atoms with Crippen LogP contribution in [0.1, 0.15) is 31.7 Å². The number of hydrogen-bond acceptors (Lipinski definition) is 4. The van der Waals surface area contributed by atoms with E-state index in [4.69, 9.17) is 0 Å². The molecule has 0 spiro atoms. The van der Waals surface area contributed by atoms with E-state index in [1.54, 1.807) is 6.92 Å². The Bertz CT molecular complexity index is 454. The lowest BCUT2D eigenvalue weighted by Gasteiger charge is -2.29. The van der Waals surface area contributed by atoms with Gasteiger partial charge in [-0.05, 0) is 74.6 Å². The summed E-state index contributed by atoms with van der Waals surface area (Å²) in [6.45, 7) is 4.93. The molecule has 3 N–H and O–H groups in total. The highest BCUT2D eigenvalue weighted by Crippen LogP contribution is 2.22. The third-order valence-electron chi connectivity index (χ3n) is 4.41. The van der Waals surface area contributed by atoms with E-state index < -0.39 is 5.60 Å². The summed E-state index contributed by atoms with van der Waals surface area (Å²) in [5.41, 5.74) is -0.185. The Labute approximate surface area is 136 Å². The summed E-state index contributed by atoms with van der Waals surface area (Å²) in [4.78, 5) is 14.2. The maximum Gasteiger partial charge on any atom is 0.314 e. The van der Waals surface area contributed by atoms with Crippen LogP contribution in [0.25, 0.3) is 0 Å². The summed E-state index contributed by atoms with van der Waals surface area (Å²) in [5, 5.41) is 19.8. The molecule has 1 aromatic rings. The first kappa shape index (κ1) is 17.2. The summed E-state index contributed by atoms with van der Waals surface area (Å²) in [7, 11) is 2.15. The third kappa shape index (κ3) is 5.26. The molecule has 0 radical (unpaired) electrons. The number of aliphatic hydroxyl groups is 1. The van der Waals surface area contributed by atoms with Gasteiger partial charge in [-0.1, -0.05) is 0 Å². The summed E-state index contributed by atoms with van der Waals surface area (Å²) < 4.78 is 0. The molecule has 0 bridgehead atoms. The molecule has 2 heterocycles. The zero-order chi connectivity index (χ0) is 16.0. The molecule has 2 amide bonds. The molecular weight excluding hydrogens is 298 g/mol. The Hall–Kier alpha value is -1.11. The van der Waals surface area contributed by atoms with Crippen LogP contribution in [-0.4, -0.2) is 49.3 Å². The van der Waals surface area contributed by atoms with E-state index in [1.165, 1.54) is 24.2 Å². The fraction of sp³-hybridized carbons (Fsp3) is 0.688. The van der Waals surface area contributed by atoms with Gasteiger partial charge in [-0.15, -0.1) is 0 Å². The molecule has 1 aliphatic heterocycles. The zero-order valence-corrected chi connectivity index (χ0v) is 14.3. The number of piperidine rings is 1. The van der Waals surface area contributed by atoms with Crippen LogP contribution in [0.2, 0.25) is 0 Å². The van der Waals surface area contributed by atoms with E-state index in [9.17, 15) is 9.90 Å². The van der Waals surface area contributed by atoms with Gasteiger partial charge >= 0.3 is 6.03 Å². The minimum Gasteiger partial charge on any atom is -0.384 e. The average molecular weight is 325 g/mol. The average Bonchev–Trinajstić information content (AvgIpc) is 3.02. The van der Waals surface area contributed by atoms with Gasteiger partial charge in [0.05, 0.1) is 6.54 Å². The molecule has 1 unspecified atom stereocenters. The largest absolute Gasteiger partial charge is 0.384 e. The molecule has 1 saturated heterocycles. The van der Waals surface area contributed by atoms with E-state index in [2.05, 4.69) is 22.6 Å². The van der Waals surface area contributed by atoms with Crippen LogP contribution in [0.4, 0.5) is 4.79 Å². The Morgan fingerprint density at radius 3 is 2.82 bits per heavy atom. The molecule has 0 aromatic carbocycles. The molecule has 2 rings (SSSR count). The lowest BCUT2D eigenvalue weighted by atomic mass is 9.94. The number of nitrogens with one attached hydrogen (secondary N) is 2. The normalized spacial score (nSPS) is 19.6. The Kier molecular flexibility index (Phi) is 6.23. The fourth-order valence-corrected chi connectivity index (χ4v) is 3.51. The summed E-state index contributed by atoms with van der Waals surface area (Å²) in [5.74, 6) is 0.713. The minimum absolute atomic E-state index is 0.205. The molecule has 1 aliphatic rings. The molecule has 0 saturated carbocycles. The van der Waals surface area contributed by atoms with Crippen molar-refractivity contribution in [2.75, 3.05) is 33.2 Å². The van der Waals surface area contributed by atoms with E-state index in [-0.39, 0.29) is 12.6 Å². The van der Waals surface area contributed by atoms with Crippen molar-refractivity contribution in [1.29, 1.82) is 0 Å². The molecule has 1 aromatic heterocycles. The number of amides is 2. The first-order chi connectivity index (χ1) is 10.5. The maximum atomic E-state index is 11.8. The fourth-order valence-electron chi connectivity index (χ4n) is 2.73. The van der Waals surface area contributed by atoms with Crippen molar-refractivity contribution in [2.45, 2.75) is 31.8 Å². The molecule has 5 nitrogen and oxygen atoms in total. The maximum absolute atomic E-state index is 11.8. The van der Waals surface area contributed by atoms with Crippen molar-refractivity contribution in [2.24, 2.45) is 5.92 Å². The second-order valence-electron chi connectivity index (χ2n) is 6.43. The molecule has 0 aliphatic carbocycles. The Balaban J connectivity index is 1.62. The summed E-state index contributed by atoms with van der Waals surface area (Å²) in [6, 6.07) is 1.67. The molecular formula is C16H27N3O2S. The van der Waals surface area contributed by atoms with Crippen LogP contribution in [0.5, 0.6) is 0 Å². The van der Waals surface area contributed by atoms with Crippen LogP contribution < -0.4 is 10.6 Å². The van der Waals surface area contributed by atoms with E-state index in [0.717, 1.165) is 25.1 Å². The topological polar surface area (TPSA) is 64.6 Å². The molecule has 1 fully saturated rings. The van der Waals surface area contributed by atoms with Crippen LogP contribution >= 0.6 is 11.3 Å². The van der Waals surface area contributed by atoms with Gasteiger partial charge in [0.1, 0.15) is 5.60 Å². The predicted molar refractivity (Wildman–Crippen MR) is 90.1 cm³/mol. The number of thiophene rings is 1. The van der Waals surface area contributed by atoms with E-state index in [1.807, 2.05) is 16.8 Å². The number of urea groups is 1. The van der Waals surface area contributed by atoms with Gasteiger partial charge in [-0.3, -0.25) is 0 Å². The van der Waals surface area contributed by atoms with Crippen LogP contribution in [-0.2, 0) is 5.60 Å². The molecule has 1 atom stereocenters. The van der Waals surface area contributed by atoms with Crippen molar-refractivity contribution in [3.63, 3.8) is 0 Å². The molecule has 124 valence electrons. The number of carbonyl (C=O) groups is 1. The van der Waals surface area contributed by atoms with Crippen molar-refractivity contribution in [3.8, 4) is 0 Å².